The second-order valence-corrected chi connectivity index (χ2v) is 9.21. The molecule has 0 aliphatic heterocycles. The number of aromatic carboxylic acids is 1. The molecular formula is C27H30O3. The average Bonchev–Trinajstić information content (AvgIpc) is 2.67. The quantitative estimate of drug-likeness (QED) is 0.522. The van der Waals surface area contributed by atoms with Gasteiger partial charge in [0.15, 0.2) is 0 Å². The highest BCUT2D eigenvalue weighted by Gasteiger charge is 2.33. The van der Waals surface area contributed by atoms with E-state index in [0.717, 1.165) is 27.8 Å². The molecule has 0 fully saturated rings. The summed E-state index contributed by atoms with van der Waals surface area (Å²) in [5.74, 6) is -1.30. The van der Waals surface area contributed by atoms with Crippen LogP contribution < -0.4 is 0 Å². The highest BCUT2D eigenvalue weighted by Crippen LogP contribution is 2.43. The van der Waals surface area contributed by atoms with Gasteiger partial charge in [-0.1, -0.05) is 93.4 Å². The predicted octanol–water partition coefficient (Wildman–Crippen LogP) is 6.36. The Hall–Kier alpha value is -3.07. The number of carboxylic acid groups (broad SMARTS) is 1. The first-order valence-corrected chi connectivity index (χ1v) is 10.2. The molecule has 0 bridgehead atoms. The van der Waals surface area contributed by atoms with Crippen molar-refractivity contribution in [2.75, 3.05) is 0 Å². The number of rotatable bonds is 5. The van der Waals surface area contributed by atoms with Gasteiger partial charge in [0.1, 0.15) is 11.3 Å². The fourth-order valence-corrected chi connectivity index (χ4v) is 4.02. The van der Waals surface area contributed by atoms with E-state index in [9.17, 15) is 15.0 Å². The standard InChI is InChI=1S/C27H30O3/c1-17-9-7-11-19(13-17)26(3,4)21-15-22(25(29)30)24(28)23(16-21)27(5,6)20-12-8-10-18(2)14-20/h7-16,28H,1-6H3,(H,29,30). The Labute approximate surface area is 179 Å². The van der Waals surface area contributed by atoms with Crippen molar-refractivity contribution in [3.63, 3.8) is 0 Å². The lowest BCUT2D eigenvalue weighted by molar-refractivity contribution is 0.0693. The molecule has 3 heteroatoms. The van der Waals surface area contributed by atoms with Crippen LogP contribution in [0.1, 0.15) is 71.4 Å². The third kappa shape index (κ3) is 3.85. The fraction of sp³-hybridized carbons (Fsp3) is 0.296. The molecule has 0 aliphatic carbocycles. The molecule has 3 aromatic carbocycles. The number of carbonyl (C=O) groups is 1. The minimum absolute atomic E-state index is 0.0658. The molecule has 0 spiro atoms. The lowest BCUT2D eigenvalue weighted by atomic mass is 9.72. The predicted molar refractivity (Wildman–Crippen MR) is 122 cm³/mol. The lowest BCUT2D eigenvalue weighted by Gasteiger charge is -2.32. The van der Waals surface area contributed by atoms with Crippen molar-refractivity contribution in [1.29, 1.82) is 0 Å². The maximum atomic E-state index is 12.0. The number of hydrogen-bond donors (Lipinski definition) is 2. The molecule has 0 heterocycles. The van der Waals surface area contributed by atoms with Gasteiger partial charge in [-0.05, 0) is 36.6 Å². The van der Waals surface area contributed by atoms with Crippen LogP contribution in [0.2, 0.25) is 0 Å². The normalized spacial score (nSPS) is 12.1. The molecule has 156 valence electrons. The van der Waals surface area contributed by atoms with Gasteiger partial charge >= 0.3 is 5.97 Å². The van der Waals surface area contributed by atoms with Crippen LogP contribution in [-0.2, 0) is 10.8 Å². The first-order valence-electron chi connectivity index (χ1n) is 10.2. The molecule has 3 nitrogen and oxygen atoms in total. The largest absolute Gasteiger partial charge is 0.507 e. The van der Waals surface area contributed by atoms with E-state index in [1.165, 1.54) is 0 Å². The molecular weight excluding hydrogens is 372 g/mol. The molecule has 0 radical (unpaired) electrons. The Morgan fingerprint density at radius 1 is 0.733 bits per heavy atom. The second-order valence-electron chi connectivity index (χ2n) is 9.21. The van der Waals surface area contributed by atoms with Gasteiger partial charge in [-0.15, -0.1) is 0 Å². The zero-order valence-corrected chi connectivity index (χ0v) is 18.6. The molecule has 0 saturated heterocycles. The molecule has 30 heavy (non-hydrogen) atoms. The molecule has 0 aliphatic rings. The van der Waals surface area contributed by atoms with Gasteiger partial charge in [-0.2, -0.15) is 0 Å². The van der Waals surface area contributed by atoms with Crippen LogP contribution in [0.3, 0.4) is 0 Å². The van der Waals surface area contributed by atoms with Gasteiger partial charge in [0.25, 0.3) is 0 Å². The van der Waals surface area contributed by atoms with Gasteiger partial charge in [0.05, 0.1) is 0 Å². The van der Waals surface area contributed by atoms with Crippen molar-refractivity contribution in [2.45, 2.75) is 52.4 Å². The third-order valence-electron chi connectivity index (χ3n) is 6.21. The van der Waals surface area contributed by atoms with E-state index >= 15 is 0 Å². The van der Waals surface area contributed by atoms with Crippen molar-refractivity contribution in [1.82, 2.24) is 0 Å². The van der Waals surface area contributed by atoms with Crippen LogP contribution in [0.25, 0.3) is 0 Å². The summed E-state index contributed by atoms with van der Waals surface area (Å²) < 4.78 is 0. The first kappa shape index (κ1) is 21.6. The minimum atomic E-state index is -1.13. The molecule has 3 rings (SSSR count). The number of benzene rings is 3. The van der Waals surface area contributed by atoms with Crippen molar-refractivity contribution >= 4 is 5.97 Å². The number of hydrogen-bond acceptors (Lipinski definition) is 2. The number of aromatic hydroxyl groups is 1. The van der Waals surface area contributed by atoms with E-state index in [4.69, 9.17) is 0 Å². The first-order chi connectivity index (χ1) is 13.9. The van der Waals surface area contributed by atoms with Crippen LogP contribution in [-0.4, -0.2) is 16.2 Å². The van der Waals surface area contributed by atoms with Gasteiger partial charge in [-0.25, -0.2) is 4.79 Å². The monoisotopic (exact) mass is 402 g/mol. The summed E-state index contributed by atoms with van der Waals surface area (Å²) in [6, 6.07) is 19.9. The summed E-state index contributed by atoms with van der Waals surface area (Å²) >= 11 is 0. The SMILES string of the molecule is Cc1cccc(C(C)(C)c2cc(C(=O)O)c(O)c(C(C)(C)c3cccc(C)c3)c2)c1. The summed E-state index contributed by atoms with van der Waals surface area (Å²) in [6.45, 7) is 12.3. The highest BCUT2D eigenvalue weighted by atomic mass is 16.4. The van der Waals surface area contributed by atoms with Gasteiger partial charge in [0, 0.05) is 16.4 Å². The molecule has 0 unspecified atom stereocenters. The highest BCUT2D eigenvalue weighted by molar-refractivity contribution is 5.92. The smallest absolute Gasteiger partial charge is 0.339 e. The van der Waals surface area contributed by atoms with E-state index in [0.29, 0.717) is 5.56 Å². The molecule has 2 N–H and O–H groups in total. The van der Waals surface area contributed by atoms with E-state index in [1.807, 2.05) is 64.1 Å². The van der Waals surface area contributed by atoms with Crippen molar-refractivity contribution in [2.24, 2.45) is 0 Å². The Kier molecular flexibility index (Phi) is 5.51. The lowest BCUT2D eigenvalue weighted by Crippen LogP contribution is -2.24. The average molecular weight is 403 g/mol. The summed E-state index contributed by atoms with van der Waals surface area (Å²) in [5.41, 5.74) is 4.81. The van der Waals surface area contributed by atoms with Crippen LogP contribution in [0.4, 0.5) is 0 Å². The molecule has 0 atom stereocenters. The van der Waals surface area contributed by atoms with Gasteiger partial charge in [-0.3, -0.25) is 0 Å². The van der Waals surface area contributed by atoms with Crippen LogP contribution in [0, 0.1) is 13.8 Å². The number of carboxylic acids is 1. The zero-order valence-electron chi connectivity index (χ0n) is 18.6. The molecule has 0 saturated carbocycles. The van der Waals surface area contributed by atoms with E-state index in [2.05, 4.69) is 32.0 Å². The van der Waals surface area contributed by atoms with Crippen molar-refractivity contribution in [3.8, 4) is 5.75 Å². The van der Waals surface area contributed by atoms with E-state index in [-0.39, 0.29) is 11.3 Å². The zero-order chi connectivity index (χ0) is 22.3. The van der Waals surface area contributed by atoms with Crippen LogP contribution in [0.5, 0.6) is 5.75 Å². The van der Waals surface area contributed by atoms with E-state index < -0.39 is 16.8 Å². The third-order valence-corrected chi connectivity index (χ3v) is 6.21. The maximum Gasteiger partial charge on any atom is 0.339 e. The minimum Gasteiger partial charge on any atom is -0.507 e. The topological polar surface area (TPSA) is 57.5 Å². The van der Waals surface area contributed by atoms with Crippen molar-refractivity contribution in [3.05, 3.63) is 99.6 Å². The second kappa shape index (κ2) is 7.64. The summed E-state index contributed by atoms with van der Waals surface area (Å²) in [7, 11) is 0. The Morgan fingerprint density at radius 3 is 1.70 bits per heavy atom. The molecule has 3 aromatic rings. The van der Waals surface area contributed by atoms with Gasteiger partial charge in [0.2, 0.25) is 0 Å². The number of aryl methyl sites for hydroxylation is 2. The summed E-state index contributed by atoms with van der Waals surface area (Å²) in [4.78, 5) is 12.0. The van der Waals surface area contributed by atoms with E-state index in [1.54, 1.807) is 6.07 Å². The Morgan fingerprint density at radius 2 is 1.23 bits per heavy atom. The summed E-state index contributed by atoms with van der Waals surface area (Å²) in [5, 5.41) is 20.8. The maximum absolute atomic E-state index is 12.0. The number of phenols is 1. The molecule has 0 amide bonds. The van der Waals surface area contributed by atoms with Crippen molar-refractivity contribution < 1.29 is 15.0 Å². The van der Waals surface area contributed by atoms with Gasteiger partial charge < -0.3 is 10.2 Å². The summed E-state index contributed by atoms with van der Waals surface area (Å²) in [6.07, 6.45) is 0. The molecule has 0 aromatic heterocycles. The Balaban J connectivity index is 2.27. The Bertz CT molecular complexity index is 1110. The van der Waals surface area contributed by atoms with Crippen LogP contribution in [0.15, 0.2) is 60.7 Å². The van der Waals surface area contributed by atoms with Crippen LogP contribution >= 0.6 is 0 Å². The fourth-order valence-electron chi connectivity index (χ4n) is 4.02.